The van der Waals surface area contributed by atoms with E-state index in [1.54, 1.807) is 7.11 Å². The smallest absolute Gasteiger partial charge is 0.174 e. The topological polar surface area (TPSA) is 51.5 Å². The molecule has 4 aromatic rings. The van der Waals surface area contributed by atoms with Crippen molar-refractivity contribution in [2.24, 2.45) is 0 Å². The lowest BCUT2D eigenvalue weighted by atomic mass is 9.96. The second-order valence-corrected chi connectivity index (χ2v) is 9.91. The van der Waals surface area contributed by atoms with Crippen molar-refractivity contribution in [2.45, 2.75) is 45.9 Å². The highest BCUT2D eigenvalue weighted by Gasteiger charge is 2.42. The fraction of sp³-hybridized carbons (Fsp3) is 0.267. The van der Waals surface area contributed by atoms with Gasteiger partial charge < -0.3 is 24.3 Å². The first kappa shape index (κ1) is 24.8. The minimum Gasteiger partial charge on any atom is -0.497 e. The molecule has 2 aromatic heterocycles. The summed E-state index contributed by atoms with van der Waals surface area (Å²) in [4.78, 5) is 6.89. The van der Waals surface area contributed by atoms with Crippen molar-refractivity contribution >= 4 is 23.0 Å². The molecule has 0 amide bonds. The maximum Gasteiger partial charge on any atom is 0.174 e. The molecule has 0 saturated carbocycles. The monoisotopic (exact) mass is 512 g/mol. The fourth-order valence-corrected chi connectivity index (χ4v) is 5.49. The number of thiocarbonyl (C=S) groups is 1. The third-order valence-corrected chi connectivity index (χ3v) is 7.00. The summed E-state index contributed by atoms with van der Waals surface area (Å²) in [6, 6.07) is 24.3. The minimum atomic E-state index is -0.112. The Labute approximate surface area is 223 Å². The van der Waals surface area contributed by atoms with Crippen LogP contribution in [0, 0.1) is 13.8 Å². The number of pyridine rings is 1. The molecule has 2 unspecified atom stereocenters. The second-order valence-electron chi connectivity index (χ2n) is 9.52. The first-order valence-corrected chi connectivity index (χ1v) is 12.9. The van der Waals surface area contributed by atoms with Crippen molar-refractivity contribution in [1.29, 1.82) is 0 Å². The Morgan fingerprint density at radius 1 is 0.919 bits per heavy atom. The molecule has 1 fully saturated rings. The van der Waals surface area contributed by atoms with Crippen molar-refractivity contribution in [3.05, 3.63) is 102 Å². The highest BCUT2D eigenvalue weighted by atomic mass is 32.1. The first-order chi connectivity index (χ1) is 17.9. The van der Waals surface area contributed by atoms with Crippen LogP contribution in [0.1, 0.15) is 48.6 Å². The number of hydrogen-bond donors (Lipinski definition) is 1. The van der Waals surface area contributed by atoms with E-state index in [0.29, 0.717) is 5.11 Å². The van der Waals surface area contributed by atoms with Crippen LogP contribution in [0.5, 0.6) is 11.5 Å². The van der Waals surface area contributed by atoms with Gasteiger partial charge in [-0.05, 0) is 100 Å². The molecule has 5 rings (SSSR count). The van der Waals surface area contributed by atoms with Crippen LogP contribution >= 0.6 is 12.2 Å². The summed E-state index contributed by atoms with van der Waals surface area (Å²) in [6.07, 6.45) is 1.95. The molecule has 6 nitrogen and oxygen atoms in total. The molecule has 190 valence electrons. The molecule has 2 aromatic carbocycles. The molecule has 0 spiro atoms. The first-order valence-electron chi connectivity index (χ1n) is 12.5. The van der Waals surface area contributed by atoms with E-state index in [9.17, 15) is 0 Å². The van der Waals surface area contributed by atoms with Crippen LogP contribution in [0.4, 0.5) is 5.69 Å². The van der Waals surface area contributed by atoms with Crippen LogP contribution in [0.3, 0.4) is 0 Å². The van der Waals surface area contributed by atoms with Gasteiger partial charge in [0.2, 0.25) is 0 Å². The van der Waals surface area contributed by atoms with Crippen LogP contribution in [-0.2, 0) is 0 Å². The number of aryl methyl sites for hydroxylation is 1. The Morgan fingerprint density at radius 3 is 2.38 bits per heavy atom. The zero-order valence-electron chi connectivity index (χ0n) is 21.8. The molecular formula is C30H32N4O2S. The van der Waals surface area contributed by atoms with Crippen molar-refractivity contribution in [3.8, 4) is 17.2 Å². The Hall–Kier alpha value is -3.84. The average molecular weight is 513 g/mol. The second kappa shape index (κ2) is 10.3. The van der Waals surface area contributed by atoms with Gasteiger partial charge in [0.1, 0.15) is 11.5 Å². The Kier molecular flexibility index (Phi) is 6.89. The lowest BCUT2D eigenvalue weighted by molar-refractivity contribution is 0.242. The summed E-state index contributed by atoms with van der Waals surface area (Å²) in [7, 11) is 1.69. The molecule has 0 radical (unpaired) electrons. The van der Waals surface area contributed by atoms with E-state index in [0.717, 1.165) is 40.0 Å². The van der Waals surface area contributed by atoms with Crippen molar-refractivity contribution in [3.63, 3.8) is 0 Å². The van der Waals surface area contributed by atoms with Gasteiger partial charge in [0, 0.05) is 35.0 Å². The lowest BCUT2D eigenvalue weighted by Gasteiger charge is -2.28. The molecule has 0 bridgehead atoms. The van der Waals surface area contributed by atoms with E-state index in [2.05, 4.69) is 65.0 Å². The van der Waals surface area contributed by atoms with Gasteiger partial charge in [0.25, 0.3) is 0 Å². The van der Waals surface area contributed by atoms with Crippen LogP contribution in [0.15, 0.2) is 79.0 Å². The predicted molar refractivity (Wildman–Crippen MR) is 152 cm³/mol. The van der Waals surface area contributed by atoms with Gasteiger partial charge in [-0.3, -0.25) is 4.98 Å². The molecule has 0 aliphatic carbocycles. The number of benzene rings is 2. The maximum absolute atomic E-state index is 5.92. The Morgan fingerprint density at radius 2 is 1.70 bits per heavy atom. The summed E-state index contributed by atoms with van der Waals surface area (Å²) in [5, 5.41) is 4.23. The van der Waals surface area contributed by atoms with E-state index in [1.165, 1.54) is 5.56 Å². The van der Waals surface area contributed by atoms with Crippen molar-refractivity contribution in [1.82, 2.24) is 14.9 Å². The van der Waals surface area contributed by atoms with Gasteiger partial charge in [0.15, 0.2) is 5.11 Å². The van der Waals surface area contributed by atoms with Gasteiger partial charge >= 0.3 is 0 Å². The van der Waals surface area contributed by atoms with Crippen molar-refractivity contribution < 1.29 is 9.47 Å². The van der Waals surface area contributed by atoms with Crippen LogP contribution in [0.2, 0.25) is 0 Å². The Bertz CT molecular complexity index is 1400. The SMILES string of the molecule is COc1cccc(-n2c(C)cc(C3C(c4ccccn4)NC(=S)N3c3ccc(OC(C)C)cc3)c2C)c1. The summed E-state index contributed by atoms with van der Waals surface area (Å²) in [6.45, 7) is 8.35. The largest absolute Gasteiger partial charge is 0.497 e. The molecule has 1 N–H and O–H groups in total. The minimum absolute atomic E-state index is 0.0928. The number of anilines is 1. The zero-order chi connectivity index (χ0) is 26.1. The lowest BCUT2D eigenvalue weighted by Crippen LogP contribution is -2.29. The van der Waals surface area contributed by atoms with E-state index in [1.807, 2.05) is 56.4 Å². The van der Waals surface area contributed by atoms with Crippen molar-refractivity contribution in [2.75, 3.05) is 12.0 Å². The predicted octanol–water partition coefficient (Wildman–Crippen LogP) is 6.46. The molecule has 37 heavy (non-hydrogen) atoms. The molecule has 2 atom stereocenters. The highest BCUT2D eigenvalue weighted by Crippen LogP contribution is 2.44. The van der Waals surface area contributed by atoms with Crippen LogP contribution in [0.25, 0.3) is 5.69 Å². The molecular weight excluding hydrogens is 480 g/mol. The van der Waals surface area contributed by atoms with E-state index in [4.69, 9.17) is 26.7 Å². The number of rotatable bonds is 7. The van der Waals surface area contributed by atoms with E-state index < -0.39 is 0 Å². The Balaban J connectivity index is 1.62. The normalized spacial score (nSPS) is 17.2. The summed E-state index contributed by atoms with van der Waals surface area (Å²) in [5.74, 6) is 1.66. The molecule has 1 aliphatic rings. The van der Waals surface area contributed by atoms with E-state index in [-0.39, 0.29) is 18.2 Å². The number of methoxy groups -OCH3 is 1. The third-order valence-electron chi connectivity index (χ3n) is 6.69. The number of nitrogens with one attached hydrogen (secondary N) is 1. The van der Waals surface area contributed by atoms with Gasteiger partial charge in [-0.1, -0.05) is 12.1 Å². The summed E-state index contributed by atoms with van der Waals surface area (Å²) < 4.78 is 13.6. The fourth-order valence-electron chi connectivity index (χ4n) is 5.14. The maximum atomic E-state index is 5.92. The number of hydrogen-bond acceptors (Lipinski definition) is 4. The molecule has 1 saturated heterocycles. The number of aromatic nitrogens is 2. The summed E-state index contributed by atoms with van der Waals surface area (Å²) >= 11 is 5.92. The third kappa shape index (κ3) is 4.79. The average Bonchev–Trinajstić information content (AvgIpc) is 3.39. The van der Waals surface area contributed by atoms with Crippen LogP contribution < -0.4 is 19.7 Å². The zero-order valence-corrected chi connectivity index (χ0v) is 22.6. The van der Waals surface area contributed by atoms with Gasteiger partial charge in [-0.2, -0.15) is 0 Å². The quantitative estimate of drug-likeness (QED) is 0.287. The number of ether oxygens (including phenoxy) is 2. The molecule has 3 heterocycles. The van der Waals surface area contributed by atoms with E-state index >= 15 is 0 Å². The van der Waals surface area contributed by atoms with Crippen LogP contribution in [-0.4, -0.2) is 27.9 Å². The van der Waals surface area contributed by atoms with Gasteiger partial charge in [0.05, 0.1) is 31.0 Å². The highest BCUT2D eigenvalue weighted by molar-refractivity contribution is 7.80. The van der Waals surface area contributed by atoms with Gasteiger partial charge in [-0.25, -0.2) is 0 Å². The molecule has 7 heteroatoms. The number of nitrogens with zero attached hydrogens (tertiary/aromatic N) is 3. The standard InChI is InChI=1S/C30H32N4O2S/c1-19(2)36-24-14-12-22(13-15-24)34-29(28(32-30(34)37)27-11-6-7-16-31-27)26-17-20(3)33(21(26)4)23-9-8-10-25(18-23)35-5/h6-19,28-29H,1-5H3,(H,32,37). The molecule has 1 aliphatic heterocycles. The van der Waals surface area contributed by atoms with Gasteiger partial charge in [-0.15, -0.1) is 0 Å². The summed E-state index contributed by atoms with van der Waals surface area (Å²) in [5.41, 5.74) is 6.48.